The smallest absolute Gasteiger partial charge is 0.416 e. The Morgan fingerprint density at radius 2 is 1.74 bits per heavy atom. The fourth-order valence-corrected chi connectivity index (χ4v) is 3.47. The predicted octanol–water partition coefficient (Wildman–Crippen LogP) is 6.03. The van der Waals surface area contributed by atoms with Crippen molar-refractivity contribution < 1.29 is 35.9 Å². The third kappa shape index (κ3) is 3.99. The summed E-state index contributed by atoms with van der Waals surface area (Å²) in [5.41, 5.74) is -4.77. The average molecular weight is 394 g/mol. The number of hydrogen-bond acceptors (Lipinski definition) is 2. The molecule has 0 aliphatic heterocycles. The number of hydrogen-bond donors (Lipinski definition) is 0. The molecule has 27 heavy (non-hydrogen) atoms. The monoisotopic (exact) mass is 394 g/mol. The number of carbonyl (C=O) groups is 1. The zero-order valence-electron chi connectivity index (χ0n) is 15.1. The second-order valence-corrected chi connectivity index (χ2v) is 7.11. The van der Waals surface area contributed by atoms with E-state index in [0.29, 0.717) is 6.07 Å². The lowest BCUT2D eigenvalue weighted by Crippen LogP contribution is -2.42. The van der Waals surface area contributed by atoms with Crippen molar-refractivity contribution in [2.24, 2.45) is 5.92 Å². The van der Waals surface area contributed by atoms with Gasteiger partial charge in [0.1, 0.15) is 5.60 Å². The van der Waals surface area contributed by atoms with E-state index in [1.54, 1.807) is 13.8 Å². The van der Waals surface area contributed by atoms with Crippen LogP contribution in [-0.2, 0) is 33.9 Å². The summed E-state index contributed by atoms with van der Waals surface area (Å²) < 4.78 is 85.8. The van der Waals surface area contributed by atoms with Gasteiger partial charge in [-0.25, -0.2) is 4.79 Å². The summed E-state index contributed by atoms with van der Waals surface area (Å²) in [5.74, 6) is -1.38. The molecule has 0 fully saturated rings. The second-order valence-electron chi connectivity index (χ2n) is 7.11. The number of halogens is 6. The van der Waals surface area contributed by atoms with Crippen molar-refractivity contribution in [1.29, 1.82) is 0 Å². The van der Waals surface area contributed by atoms with E-state index in [0.717, 1.165) is 0 Å². The zero-order valence-corrected chi connectivity index (χ0v) is 15.1. The minimum Gasteiger partial charge on any atom is -0.451 e. The maximum absolute atomic E-state index is 13.5. The van der Waals surface area contributed by atoms with E-state index in [4.69, 9.17) is 4.74 Å². The highest BCUT2D eigenvalue weighted by Gasteiger charge is 2.48. The summed E-state index contributed by atoms with van der Waals surface area (Å²) in [5, 5.41) is 0. The summed E-state index contributed by atoms with van der Waals surface area (Å²) in [7, 11) is 0. The molecule has 150 valence electrons. The third-order valence-electron chi connectivity index (χ3n) is 4.87. The zero-order chi connectivity index (χ0) is 20.8. The minimum atomic E-state index is -4.96. The maximum Gasteiger partial charge on any atom is 0.416 e. The highest BCUT2D eigenvalue weighted by atomic mass is 19.4. The van der Waals surface area contributed by atoms with Crippen molar-refractivity contribution in [3.8, 4) is 0 Å². The van der Waals surface area contributed by atoms with Crippen LogP contribution < -0.4 is 0 Å². The minimum absolute atomic E-state index is 0.0187. The molecule has 1 aliphatic carbocycles. The first-order valence-corrected chi connectivity index (χ1v) is 8.41. The molecule has 0 N–H and O–H groups in total. The molecule has 0 saturated carbocycles. The Morgan fingerprint density at radius 1 is 1.15 bits per heavy atom. The van der Waals surface area contributed by atoms with Gasteiger partial charge in [0, 0.05) is 11.1 Å². The number of benzene rings is 1. The molecule has 1 unspecified atom stereocenters. The number of esters is 1. The van der Waals surface area contributed by atoms with E-state index in [1.165, 1.54) is 6.92 Å². The van der Waals surface area contributed by atoms with Crippen molar-refractivity contribution in [2.45, 2.75) is 58.0 Å². The molecule has 0 bridgehead atoms. The lowest BCUT2D eigenvalue weighted by molar-refractivity contribution is -0.164. The lowest BCUT2D eigenvalue weighted by Gasteiger charge is -2.43. The van der Waals surface area contributed by atoms with E-state index in [-0.39, 0.29) is 42.0 Å². The molecule has 0 aromatic heterocycles. The van der Waals surface area contributed by atoms with Gasteiger partial charge >= 0.3 is 18.3 Å². The number of alkyl halides is 6. The van der Waals surface area contributed by atoms with Gasteiger partial charge in [-0.2, -0.15) is 26.3 Å². The highest BCUT2D eigenvalue weighted by Crippen LogP contribution is 2.49. The fourth-order valence-electron chi connectivity index (χ4n) is 3.47. The second kappa shape index (κ2) is 6.87. The Bertz CT molecular complexity index is 761. The molecule has 2 rings (SSSR count). The van der Waals surface area contributed by atoms with Gasteiger partial charge in [-0.3, -0.25) is 0 Å². The van der Waals surface area contributed by atoms with Crippen molar-refractivity contribution in [1.82, 2.24) is 0 Å². The quantitative estimate of drug-likeness (QED) is 0.355. The molecular formula is C19H20F6O2. The van der Waals surface area contributed by atoms with E-state index >= 15 is 0 Å². The topological polar surface area (TPSA) is 26.3 Å². The van der Waals surface area contributed by atoms with Gasteiger partial charge in [-0.15, -0.1) is 0 Å². The van der Waals surface area contributed by atoms with Crippen LogP contribution in [-0.4, -0.2) is 5.97 Å². The Balaban J connectivity index is 2.83. The van der Waals surface area contributed by atoms with Crippen LogP contribution in [0.15, 0.2) is 24.3 Å². The van der Waals surface area contributed by atoms with Gasteiger partial charge in [0.25, 0.3) is 0 Å². The first-order valence-electron chi connectivity index (χ1n) is 8.41. The lowest BCUT2D eigenvalue weighted by atomic mass is 9.71. The summed E-state index contributed by atoms with van der Waals surface area (Å²) in [6, 6.07) is 0.825. The number of rotatable bonds is 3. The van der Waals surface area contributed by atoms with Gasteiger partial charge in [-0.1, -0.05) is 20.4 Å². The van der Waals surface area contributed by atoms with Gasteiger partial charge in [-0.05, 0) is 49.8 Å². The Kier molecular flexibility index (Phi) is 5.42. The number of fused-ring (bicyclic) bond motifs is 1. The van der Waals surface area contributed by atoms with Crippen LogP contribution in [0.25, 0.3) is 0 Å². The molecule has 8 heteroatoms. The highest BCUT2D eigenvalue weighted by molar-refractivity contribution is 5.87. The van der Waals surface area contributed by atoms with Crippen LogP contribution in [0.1, 0.15) is 55.9 Å². The van der Waals surface area contributed by atoms with E-state index in [2.05, 4.69) is 6.58 Å². The Labute approximate surface area is 153 Å². The molecule has 0 saturated heterocycles. The average Bonchev–Trinajstić information content (AvgIpc) is 2.51. The molecule has 0 heterocycles. The normalized spacial score (nSPS) is 20.4. The molecular weight excluding hydrogens is 374 g/mol. The molecule has 0 radical (unpaired) electrons. The van der Waals surface area contributed by atoms with Crippen LogP contribution in [0.5, 0.6) is 0 Å². The van der Waals surface area contributed by atoms with Crippen molar-refractivity contribution in [3.05, 3.63) is 46.5 Å². The maximum atomic E-state index is 13.5. The van der Waals surface area contributed by atoms with Gasteiger partial charge in [0.05, 0.1) is 11.1 Å². The summed E-state index contributed by atoms with van der Waals surface area (Å²) in [6.07, 6.45) is -9.57. The molecule has 1 aromatic carbocycles. The van der Waals surface area contributed by atoms with E-state index in [1.807, 2.05) is 0 Å². The van der Waals surface area contributed by atoms with E-state index in [9.17, 15) is 31.1 Å². The summed E-state index contributed by atoms with van der Waals surface area (Å²) >= 11 is 0. The predicted molar refractivity (Wildman–Crippen MR) is 86.8 cm³/mol. The van der Waals surface area contributed by atoms with Crippen LogP contribution in [0.4, 0.5) is 26.3 Å². The Hall–Kier alpha value is -1.99. The molecule has 0 amide bonds. The van der Waals surface area contributed by atoms with Gasteiger partial charge in [0.15, 0.2) is 0 Å². The Morgan fingerprint density at radius 3 is 2.19 bits per heavy atom. The standard InChI is InChI=1S/C19H20F6O2/c1-10(2)16(26)27-17(11(3)4)7-5-6-13-14(17)8-12(18(20,21)22)9-15(13)19(23,24)25/h8-9,11H,1,5-7H2,2-4H3. The van der Waals surface area contributed by atoms with Gasteiger partial charge < -0.3 is 4.74 Å². The number of ether oxygens (including phenoxy) is 1. The van der Waals surface area contributed by atoms with Gasteiger partial charge in [0.2, 0.25) is 0 Å². The molecule has 0 spiro atoms. The van der Waals surface area contributed by atoms with Crippen LogP contribution in [0.2, 0.25) is 0 Å². The molecule has 1 atom stereocenters. The van der Waals surface area contributed by atoms with Crippen molar-refractivity contribution in [3.63, 3.8) is 0 Å². The number of carbonyl (C=O) groups excluding carboxylic acids is 1. The SMILES string of the molecule is C=C(C)C(=O)OC1(C(C)C)CCCc2c(C(F)(F)F)cc(C(F)(F)F)cc21. The first kappa shape index (κ1) is 21.3. The fraction of sp³-hybridized carbons (Fsp3) is 0.526. The largest absolute Gasteiger partial charge is 0.451 e. The third-order valence-corrected chi connectivity index (χ3v) is 4.87. The molecule has 1 aromatic rings. The summed E-state index contributed by atoms with van der Waals surface area (Å²) in [4.78, 5) is 12.1. The summed E-state index contributed by atoms with van der Waals surface area (Å²) in [6.45, 7) is 8.03. The molecule has 1 aliphatic rings. The van der Waals surface area contributed by atoms with E-state index < -0.39 is 41.0 Å². The first-order chi connectivity index (χ1) is 12.2. The van der Waals surface area contributed by atoms with Crippen molar-refractivity contribution >= 4 is 5.97 Å². The van der Waals surface area contributed by atoms with Crippen molar-refractivity contribution in [2.75, 3.05) is 0 Å². The molecule has 2 nitrogen and oxygen atoms in total. The van der Waals surface area contributed by atoms with Crippen LogP contribution >= 0.6 is 0 Å². The van der Waals surface area contributed by atoms with Crippen LogP contribution in [0.3, 0.4) is 0 Å². The van der Waals surface area contributed by atoms with Crippen LogP contribution in [0, 0.1) is 5.92 Å².